The van der Waals surface area contributed by atoms with E-state index in [-0.39, 0.29) is 5.78 Å². The van der Waals surface area contributed by atoms with Crippen molar-refractivity contribution in [3.05, 3.63) is 107 Å². The lowest BCUT2D eigenvalue weighted by atomic mass is 10.0. The fourth-order valence-electron chi connectivity index (χ4n) is 2.30. The van der Waals surface area contributed by atoms with Gasteiger partial charge in [-0.3, -0.25) is 4.79 Å². The zero-order valence-corrected chi connectivity index (χ0v) is 12.6. The Bertz CT molecular complexity index is 813. The number of aromatic nitrogens is 1. The molecule has 0 radical (unpaired) electrons. The maximum Gasteiger partial charge on any atom is 0.193 e. The lowest BCUT2D eigenvalue weighted by Gasteiger charge is -2.02. The molecule has 23 heavy (non-hydrogen) atoms. The number of ketones is 1. The van der Waals surface area contributed by atoms with Crippen molar-refractivity contribution in [1.29, 1.82) is 0 Å². The van der Waals surface area contributed by atoms with E-state index in [0.717, 1.165) is 11.3 Å². The fraction of sp³-hybridized carbons (Fsp3) is 0. The molecule has 0 saturated carbocycles. The Kier molecular flexibility index (Phi) is 4.65. The van der Waals surface area contributed by atoms with Crippen molar-refractivity contribution < 1.29 is 4.79 Å². The van der Waals surface area contributed by atoms with Crippen molar-refractivity contribution in [2.24, 2.45) is 0 Å². The molecule has 0 aliphatic carbocycles. The zero-order valence-electron chi connectivity index (χ0n) is 12.6. The Hall–Kier alpha value is -3.13. The molecule has 1 N–H and O–H groups in total. The summed E-state index contributed by atoms with van der Waals surface area (Å²) in [6.07, 6.45) is 7.53. The first-order chi connectivity index (χ1) is 11.3. The number of Topliss-reactive ketones (excluding diaryl/α,β-unsaturated/α-hetero) is 1. The maximum absolute atomic E-state index is 12.8. The van der Waals surface area contributed by atoms with E-state index in [9.17, 15) is 4.79 Å². The second-order valence-electron chi connectivity index (χ2n) is 5.16. The van der Waals surface area contributed by atoms with E-state index in [1.54, 1.807) is 0 Å². The second kappa shape index (κ2) is 7.23. The summed E-state index contributed by atoms with van der Waals surface area (Å²) in [5, 5.41) is 0. The largest absolute Gasteiger partial charge is 0.362 e. The van der Waals surface area contributed by atoms with Gasteiger partial charge in [-0.15, -0.1) is 0 Å². The summed E-state index contributed by atoms with van der Waals surface area (Å²) in [5.41, 5.74) is 3.29. The van der Waals surface area contributed by atoms with E-state index < -0.39 is 0 Å². The number of carbonyl (C=O) groups excluding carboxylic acids is 1. The fourth-order valence-corrected chi connectivity index (χ4v) is 2.30. The number of benzene rings is 2. The Morgan fingerprint density at radius 2 is 1.52 bits per heavy atom. The van der Waals surface area contributed by atoms with Crippen LogP contribution in [-0.2, 0) is 0 Å². The van der Waals surface area contributed by atoms with E-state index in [1.165, 1.54) is 0 Å². The molecule has 0 unspecified atom stereocenters. The predicted molar refractivity (Wildman–Crippen MR) is 95.0 cm³/mol. The topological polar surface area (TPSA) is 32.9 Å². The van der Waals surface area contributed by atoms with Crippen LogP contribution in [0, 0.1) is 0 Å². The third-order valence-electron chi connectivity index (χ3n) is 3.49. The molecule has 0 saturated heterocycles. The van der Waals surface area contributed by atoms with Crippen LogP contribution in [0.4, 0.5) is 0 Å². The van der Waals surface area contributed by atoms with Gasteiger partial charge in [0.15, 0.2) is 5.78 Å². The van der Waals surface area contributed by atoms with E-state index in [0.29, 0.717) is 11.1 Å². The lowest BCUT2D eigenvalue weighted by molar-refractivity contribution is 0.103. The normalized spacial score (nSPS) is 11.7. The highest BCUT2D eigenvalue weighted by molar-refractivity contribution is 6.13. The molecule has 2 heteroatoms. The number of H-pyrrole nitrogens is 1. The van der Waals surface area contributed by atoms with Crippen molar-refractivity contribution in [1.82, 2.24) is 4.98 Å². The molecule has 0 fully saturated rings. The first-order valence-electron chi connectivity index (χ1n) is 7.51. The number of nitrogens with one attached hydrogen (secondary N) is 1. The summed E-state index contributed by atoms with van der Waals surface area (Å²) in [5.74, 6) is 0.00683. The number of allylic oxidation sites excluding steroid dienone is 2. The minimum Gasteiger partial charge on any atom is -0.362 e. The van der Waals surface area contributed by atoms with Gasteiger partial charge in [-0.2, -0.15) is 0 Å². The first-order valence-corrected chi connectivity index (χ1v) is 7.51. The van der Waals surface area contributed by atoms with Gasteiger partial charge in [0.2, 0.25) is 0 Å². The number of carbonyl (C=O) groups is 1. The quantitative estimate of drug-likeness (QED) is 0.401. The van der Waals surface area contributed by atoms with Crippen LogP contribution in [0.3, 0.4) is 0 Å². The van der Waals surface area contributed by atoms with Gasteiger partial charge >= 0.3 is 0 Å². The highest BCUT2D eigenvalue weighted by atomic mass is 16.1. The van der Waals surface area contributed by atoms with E-state index >= 15 is 0 Å². The molecule has 0 spiro atoms. The first kappa shape index (κ1) is 14.8. The summed E-state index contributed by atoms with van der Waals surface area (Å²) in [7, 11) is 0. The summed E-state index contributed by atoms with van der Waals surface area (Å²) < 4.78 is 0. The molecule has 2 nitrogen and oxygen atoms in total. The monoisotopic (exact) mass is 299 g/mol. The summed E-state index contributed by atoms with van der Waals surface area (Å²) in [6, 6.07) is 23.1. The number of rotatable bonds is 5. The molecule has 3 aromatic rings. The molecule has 1 aromatic heterocycles. The Labute approximate surface area is 135 Å². The SMILES string of the molecule is O=C(C(=Cc1ccc[nH]1)/C=C/c1ccccc1)c1ccccc1. The Morgan fingerprint density at radius 1 is 0.826 bits per heavy atom. The maximum atomic E-state index is 12.8. The van der Waals surface area contributed by atoms with Gasteiger partial charge in [0.25, 0.3) is 0 Å². The highest BCUT2D eigenvalue weighted by Gasteiger charge is 2.09. The van der Waals surface area contributed by atoms with Gasteiger partial charge in [-0.25, -0.2) is 0 Å². The predicted octanol–water partition coefficient (Wildman–Crippen LogP) is 4.99. The van der Waals surface area contributed by atoms with Gasteiger partial charge in [-0.1, -0.05) is 72.8 Å². The number of aromatic amines is 1. The van der Waals surface area contributed by atoms with Crippen LogP contribution in [0.1, 0.15) is 21.6 Å². The molecule has 2 aromatic carbocycles. The minimum atomic E-state index is 0.00683. The van der Waals surface area contributed by atoms with Crippen LogP contribution in [-0.4, -0.2) is 10.8 Å². The molecule has 3 rings (SSSR count). The van der Waals surface area contributed by atoms with E-state index in [2.05, 4.69) is 4.98 Å². The van der Waals surface area contributed by atoms with Crippen molar-refractivity contribution in [3.63, 3.8) is 0 Å². The molecule has 112 valence electrons. The van der Waals surface area contributed by atoms with E-state index in [4.69, 9.17) is 0 Å². The summed E-state index contributed by atoms with van der Waals surface area (Å²) in [4.78, 5) is 15.9. The zero-order chi connectivity index (χ0) is 15.9. The van der Waals surface area contributed by atoms with Crippen molar-refractivity contribution in [3.8, 4) is 0 Å². The van der Waals surface area contributed by atoms with Crippen molar-refractivity contribution in [2.75, 3.05) is 0 Å². The van der Waals surface area contributed by atoms with Crippen LogP contribution in [0.15, 0.2) is 90.6 Å². The molecular formula is C21H17NO. The molecular weight excluding hydrogens is 282 g/mol. The van der Waals surface area contributed by atoms with Crippen molar-refractivity contribution in [2.45, 2.75) is 0 Å². The van der Waals surface area contributed by atoms with Crippen LogP contribution in [0.2, 0.25) is 0 Å². The number of hydrogen-bond donors (Lipinski definition) is 1. The van der Waals surface area contributed by atoms with Crippen LogP contribution in [0.25, 0.3) is 12.2 Å². The lowest BCUT2D eigenvalue weighted by Crippen LogP contribution is -2.01. The Balaban J connectivity index is 1.94. The van der Waals surface area contributed by atoms with Gasteiger partial charge in [-0.05, 0) is 23.8 Å². The standard InChI is InChI=1S/C21H17NO/c23-21(18-10-5-2-6-11-18)19(16-20-12-7-15-22-20)14-13-17-8-3-1-4-9-17/h1-16,22H/b14-13+,19-16?. The molecule has 0 atom stereocenters. The van der Waals surface area contributed by atoms with Crippen LogP contribution >= 0.6 is 0 Å². The molecule has 0 aliphatic rings. The average Bonchev–Trinajstić information content (AvgIpc) is 3.13. The van der Waals surface area contributed by atoms with Gasteiger partial charge in [0.05, 0.1) is 0 Å². The molecule has 0 amide bonds. The van der Waals surface area contributed by atoms with Gasteiger partial charge < -0.3 is 4.98 Å². The smallest absolute Gasteiger partial charge is 0.193 e. The van der Waals surface area contributed by atoms with Crippen LogP contribution < -0.4 is 0 Å². The number of hydrogen-bond acceptors (Lipinski definition) is 1. The molecule has 1 heterocycles. The summed E-state index contributed by atoms with van der Waals surface area (Å²) >= 11 is 0. The minimum absolute atomic E-state index is 0.00683. The summed E-state index contributed by atoms with van der Waals surface area (Å²) in [6.45, 7) is 0. The van der Waals surface area contributed by atoms with Gasteiger partial charge in [0.1, 0.15) is 0 Å². The third kappa shape index (κ3) is 3.95. The Morgan fingerprint density at radius 3 is 2.17 bits per heavy atom. The van der Waals surface area contributed by atoms with Crippen LogP contribution in [0.5, 0.6) is 0 Å². The van der Waals surface area contributed by atoms with E-state index in [1.807, 2.05) is 97.2 Å². The second-order valence-corrected chi connectivity index (χ2v) is 5.16. The van der Waals surface area contributed by atoms with Crippen molar-refractivity contribution >= 4 is 17.9 Å². The van der Waals surface area contributed by atoms with Gasteiger partial charge in [0, 0.05) is 23.0 Å². The molecule has 0 aliphatic heterocycles. The highest BCUT2D eigenvalue weighted by Crippen LogP contribution is 2.15. The average molecular weight is 299 g/mol. The molecule has 0 bridgehead atoms. The third-order valence-corrected chi connectivity index (χ3v) is 3.49.